The number of anilines is 1. The number of halogens is 1. The summed E-state index contributed by atoms with van der Waals surface area (Å²) in [5, 5.41) is 2.83. The molecule has 0 fully saturated rings. The number of sulfonamides is 1. The van der Waals surface area contributed by atoms with E-state index in [2.05, 4.69) is 10.0 Å². The highest BCUT2D eigenvalue weighted by Crippen LogP contribution is 2.32. The fraction of sp³-hybridized carbons (Fsp3) is 0.316. The van der Waals surface area contributed by atoms with E-state index in [-0.39, 0.29) is 9.92 Å². The Morgan fingerprint density at radius 3 is 2.59 bits per heavy atom. The standard InChI is InChI=1S/C19H21ClN2O6S/c1-3-26-16-7-5-14(11-15(16)20)29(24,25)22-12(2)19(23)21-13-4-6-17-18(10-13)28-9-8-27-17/h4-7,10-12,22H,3,8-9H2,1-2H3,(H,21,23)/t12-/m1/s1. The highest BCUT2D eigenvalue weighted by atomic mass is 35.5. The molecule has 156 valence electrons. The molecule has 2 aromatic rings. The highest BCUT2D eigenvalue weighted by molar-refractivity contribution is 7.89. The zero-order valence-electron chi connectivity index (χ0n) is 15.9. The first-order valence-corrected chi connectivity index (χ1v) is 10.8. The fourth-order valence-electron chi connectivity index (χ4n) is 2.65. The Morgan fingerprint density at radius 1 is 1.17 bits per heavy atom. The number of carbonyl (C=O) groups excluding carboxylic acids is 1. The topological polar surface area (TPSA) is 103 Å². The Hall–Kier alpha value is -2.49. The molecule has 1 aliphatic heterocycles. The van der Waals surface area contributed by atoms with E-state index in [4.69, 9.17) is 25.8 Å². The molecule has 0 aliphatic carbocycles. The van der Waals surface area contributed by atoms with E-state index >= 15 is 0 Å². The maximum Gasteiger partial charge on any atom is 0.242 e. The Labute approximate surface area is 174 Å². The number of hydrogen-bond donors (Lipinski definition) is 2. The van der Waals surface area contributed by atoms with E-state index in [1.165, 1.54) is 25.1 Å². The van der Waals surface area contributed by atoms with Crippen LogP contribution in [0.25, 0.3) is 0 Å². The number of ether oxygens (including phenoxy) is 3. The molecule has 29 heavy (non-hydrogen) atoms. The molecule has 3 rings (SSSR count). The maximum atomic E-state index is 12.6. The normalized spacial score (nSPS) is 14.2. The molecule has 0 unspecified atom stereocenters. The summed E-state index contributed by atoms with van der Waals surface area (Å²) in [5.41, 5.74) is 0.467. The molecule has 0 saturated carbocycles. The fourth-order valence-corrected chi connectivity index (χ4v) is 4.18. The average molecular weight is 441 g/mol. The Balaban J connectivity index is 1.67. The van der Waals surface area contributed by atoms with Crippen molar-refractivity contribution in [2.75, 3.05) is 25.1 Å². The predicted octanol–water partition coefficient (Wildman–Crippen LogP) is 2.82. The van der Waals surface area contributed by atoms with E-state index in [0.717, 1.165) is 0 Å². The summed E-state index contributed by atoms with van der Waals surface area (Å²) < 4.78 is 43.7. The monoisotopic (exact) mass is 440 g/mol. The highest BCUT2D eigenvalue weighted by Gasteiger charge is 2.23. The summed E-state index contributed by atoms with van der Waals surface area (Å²) in [6.07, 6.45) is 0. The smallest absolute Gasteiger partial charge is 0.242 e. The van der Waals surface area contributed by atoms with Crippen LogP contribution in [-0.2, 0) is 14.8 Å². The van der Waals surface area contributed by atoms with Crippen molar-refractivity contribution in [1.82, 2.24) is 4.72 Å². The second-order valence-electron chi connectivity index (χ2n) is 6.22. The van der Waals surface area contributed by atoms with Crippen LogP contribution >= 0.6 is 11.6 Å². The number of rotatable bonds is 7. The lowest BCUT2D eigenvalue weighted by Gasteiger charge is -2.19. The molecule has 0 aromatic heterocycles. The molecule has 8 nitrogen and oxygen atoms in total. The van der Waals surface area contributed by atoms with Crippen molar-refractivity contribution in [3.05, 3.63) is 41.4 Å². The van der Waals surface area contributed by atoms with Gasteiger partial charge in [-0.05, 0) is 44.2 Å². The third-order valence-electron chi connectivity index (χ3n) is 4.05. The summed E-state index contributed by atoms with van der Waals surface area (Å²) >= 11 is 6.06. The maximum absolute atomic E-state index is 12.6. The molecule has 0 saturated heterocycles. The minimum Gasteiger partial charge on any atom is -0.492 e. The number of benzene rings is 2. The summed E-state index contributed by atoms with van der Waals surface area (Å²) in [5.74, 6) is 0.974. The molecule has 1 heterocycles. The quantitative estimate of drug-likeness (QED) is 0.686. The molecule has 1 amide bonds. The van der Waals surface area contributed by atoms with Crippen LogP contribution in [0.1, 0.15) is 13.8 Å². The van der Waals surface area contributed by atoms with Crippen molar-refractivity contribution < 1.29 is 27.4 Å². The van der Waals surface area contributed by atoms with Crippen LogP contribution < -0.4 is 24.2 Å². The third kappa shape index (κ3) is 5.11. The number of hydrogen-bond acceptors (Lipinski definition) is 6. The molecule has 1 aliphatic rings. The van der Waals surface area contributed by atoms with Crippen LogP contribution in [0.4, 0.5) is 5.69 Å². The first-order chi connectivity index (χ1) is 13.8. The van der Waals surface area contributed by atoms with Gasteiger partial charge >= 0.3 is 0 Å². The first kappa shape index (κ1) is 21.2. The average Bonchev–Trinajstić information content (AvgIpc) is 2.69. The van der Waals surface area contributed by atoms with Gasteiger partial charge in [0.2, 0.25) is 15.9 Å². The SMILES string of the molecule is CCOc1ccc(S(=O)(=O)N[C@H](C)C(=O)Nc2ccc3c(c2)OCCO3)cc1Cl. The lowest BCUT2D eigenvalue weighted by atomic mass is 10.2. The summed E-state index contributed by atoms with van der Waals surface area (Å²) in [6.45, 7) is 4.53. The van der Waals surface area contributed by atoms with Crippen molar-refractivity contribution in [3.8, 4) is 17.2 Å². The second kappa shape index (κ2) is 8.89. The van der Waals surface area contributed by atoms with Gasteiger partial charge in [-0.2, -0.15) is 4.72 Å². The zero-order valence-corrected chi connectivity index (χ0v) is 17.5. The van der Waals surface area contributed by atoms with Crippen LogP contribution in [-0.4, -0.2) is 40.2 Å². The summed E-state index contributed by atoms with van der Waals surface area (Å²) in [7, 11) is -3.96. The van der Waals surface area contributed by atoms with Crippen molar-refractivity contribution in [1.29, 1.82) is 0 Å². The van der Waals surface area contributed by atoms with E-state index < -0.39 is 22.0 Å². The van der Waals surface area contributed by atoms with E-state index in [9.17, 15) is 13.2 Å². The molecule has 2 aromatic carbocycles. The molecule has 0 spiro atoms. The van der Waals surface area contributed by atoms with Gasteiger partial charge in [-0.3, -0.25) is 4.79 Å². The van der Waals surface area contributed by atoms with Crippen molar-refractivity contribution in [3.63, 3.8) is 0 Å². The number of fused-ring (bicyclic) bond motifs is 1. The van der Waals surface area contributed by atoms with E-state index in [1.807, 2.05) is 0 Å². The van der Waals surface area contributed by atoms with Crippen molar-refractivity contribution in [2.45, 2.75) is 24.8 Å². The Kier molecular flexibility index (Phi) is 6.51. The molecule has 1 atom stereocenters. The predicted molar refractivity (Wildman–Crippen MR) is 108 cm³/mol. The van der Waals surface area contributed by atoms with Gasteiger partial charge in [0.15, 0.2) is 11.5 Å². The Morgan fingerprint density at radius 2 is 1.90 bits per heavy atom. The lowest BCUT2D eigenvalue weighted by Crippen LogP contribution is -2.41. The van der Waals surface area contributed by atoms with Gasteiger partial charge in [-0.25, -0.2) is 8.42 Å². The van der Waals surface area contributed by atoms with Crippen LogP contribution in [0.3, 0.4) is 0 Å². The van der Waals surface area contributed by atoms with Crippen LogP contribution in [0.15, 0.2) is 41.3 Å². The molecular weight excluding hydrogens is 420 g/mol. The minimum absolute atomic E-state index is 0.0649. The van der Waals surface area contributed by atoms with Gasteiger partial charge < -0.3 is 19.5 Å². The van der Waals surface area contributed by atoms with Gasteiger partial charge in [-0.15, -0.1) is 0 Å². The summed E-state index contributed by atoms with van der Waals surface area (Å²) in [6, 6.07) is 8.05. The van der Waals surface area contributed by atoms with Crippen LogP contribution in [0.2, 0.25) is 5.02 Å². The first-order valence-electron chi connectivity index (χ1n) is 8.95. The summed E-state index contributed by atoms with van der Waals surface area (Å²) in [4.78, 5) is 12.4. The van der Waals surface area contributed by atoms with Gasteiger partial charge in [0.25, 0.3) is 0 Å². The van der Waals surface area contributed by atoms with Crippen molar-refractivity contribution in [2.24, 2.45) is 0 Å². The van der Waals surface area contributed by atoms with Gasteiger partial charge in [0, 0.05) is 11.8 Å². The van der Waals surface area contributed by atoms with Gasteiger partial charge in [-0.1, -0.05) is 11.6 Å². The van der Waals surface area contributed by atoms with Crippen LogP contribution in [0, 0.1) is 0 Å². The molecule has 0 bridgehead atoms. The Bertz CT molecular complexity index is 1010. The molecule has 0 radical (unpaired) electrons. The zero-order chi connectivity index (χ0) is 21.0. The van der Waals surface area contributed by atoms with Gasteiger partial charge in [0.05, 0.1) is 22.6 Å². The molecular formula is C19H21ClN2O6S. The second-order valence-corrected chi connectivity index (χ2v) is 8.34. The molecule has 2 N–H and O–H groups in total. The molecule has 10 heteroatoms. The largest absolute Gasteiger partial charge is 0.492 e. The number of nitrogens with one attached hydrogen (secondary N) is 2. The minimum atomic E-state index is -3.96. The lowest BCUT2D eigenvalue weighted by molar-refractivity contribution is -0.117. The van der Waals surface area contributed by atoms with Gasteiger partial charge in [0.1, 0.15) is 19.0 Å². The number of carbonyl (C=O) groups is 1. The third-order valence-corrected chi connectivity index (χ3v) is 5.88. The van der Waals surface area contributed by atoms with Crippen LogP contribution in [0.5, 0.6) is 17.2 Å². The van der Waals surface area contributed by atoms with E-state index in [0.29, 0.717) is 42.8 Å². The van der Waals surface area contributed by atoms with Crippen molar-refractivity contribution >= 4 is 33.2 Å². The number of amides is 1. The van der Waals surface area contributed by atoms with E-state index in [1.54, 1.807) is 25.1 Å².